The Hall–Kier alpha value is -1.60. The highest BCUT2D eigenvalue weighted by molar-refractivity contribution is 5.94. The summed E-state index contributed by atoms with van der Waals surface area (Å²) in [4.78, 5) is 26.4. The van der Waals surface area contributed by atoms with Crippen LogP contribution in [0.3, 0.4) is 0 Å². The maximum absolute atomic E-state index is 12.3. The molecule has 23 heavy (non-hydrogen) atoms. The minimum Gasteiger partial charge on any atom is -0.463 e. The first-order valence-corrected chi connectivity index (χ1v) is 8.30. The lowest BCUT2D eigenvalue weighted by molar-refractivity contribution is -0.139. The Labute approximate surface area is 137 Å². The van der Waals surface area contributed by atoms with Gasteiger partial charge < -0.3 is 20.1 Å². The predicted molar refractivity (Wildman–Crippen MR) is 85.9 cm³/mol. The van der Waals surface area contributed by atoms with Crippen LogP contribution >= 0.6 is 0 Å². The minimum atomic E-state index is -0.365. The standard InChI is InChI=1S/C16H27N3O4/c1-5-12-14(15(20)22-6-2)13(18-16(21)17-12)9-19-7-10(3)23-11(4)8-19/h10-12H,5-9H2,1-4H3,(H2,17,18,21)/t10-,11-,12+/m1/s1. The van der Waals surface area contributed by atoms with Gasteiger partial charge in [-0.05, 0) is 27.2 Å². The highest BCUT2D eigenvalue weighted by Gasteiger charge is 2.33. The minimum absolute atomic E-state index is 0.129. The average Bonchev–Trinajstić information content (AvgIpc) is 2.45. The summed E-state index contributed by atoms with van der Waals surface area (Å²) in [5, 5.41) is 5.58. The second kappa shape index (κ2) is 7.79. The van der Waals surface area contributed by atoms with Gasteiger partial charge in [-0.15, -0.1) is 0 Å². The molecule has 0 aromatic rings. The molecule has 2 amide bonds. The zero-order chi connectivity index (χ0) is 17.0. The van der Waals surface area contributed by atoms with Crippen LogP contribution in [0.2, 0.25) is 0 Å². The summed E-state index contributed by atoms with van der Waals surface area (Å²) in [5.74, 6) is -0.365. The van der Waals surface area contributed by atoms with Gasteiger partial charge in [-0.3, -0.25) is 4.90 Å². The third-order valence-electron chi connectivity index (χ3n) is 4.02. The van der Waals surface area contributed by atoms with Crippen molar-refractivity contribution in [3.63, 3.8) is 0 Å². The molecule has 3 atom stereocenters. The highest BCUT2D eigenvalue weighted by Crippen LogP contribution is 2.19. The summed E-state index contributed by atoms with van der Waals surface area (Å²) in [6, 6.07) is -0.581. The van der Waals surface area contributed by atoms with Crippen LogP contribution < -0.4 is 10.6 Å². The van der Waals surface area contributed by atoms with Crippen molar-refractivity contribution in [3.05, 3.63) is 11.3 Å². The van der Waals surface area contributed by atoms with Gasteiger partial charge in [0.1, 0.15) is 0 Å². The smallest absolute Gasteiger partial charge is 0.337 e. The summed E-state index contributed by atoms with van der Waals surface area (Å²) < 4.78 is 10.9. The van der Waals surface area contributed by atoms with Gasteiger partial charge in [0.05, 0.1) is 30.4 Å². The van der Waals surface area contributed by atoms with Gasteiger partial charge in [-0.1, -0.05) is 6.92 Å². The molecular formula is C16H27N3O4. The first-order chi connectivity index (χ1) is 10.9. The number of amides is 2. The quantitative estimate of drug-likeness (QED) is 0.737. The predicted octanol–water partition coefficient (Wildman–Crippen LogP) is 1.00. The zero-order valence-electron chi connectivity index (χ0n) is 14.3. The maximum Gasteiger partial charge on any atom is 0.337 e. The summed E-state index contributed by atoms with van der Waals surface area (Å²) in [7, 11) is 0. The topological polar surface area (TPSA) is 79.9 Å². The normalized spacial score (nSPS) is 29.0. The van der Waals surface area contributed by atoms with E-state index in [0.29, 0.717) is 30.8 Å². The molecule has 7 nitrogen and oxygen atoms in total. The van der Waals surface area contributed by atoms with Crippen molar-refractivity contribution in [1.29, 1.82) is 0 Å². The Kier molecular flexibility index (Phi) is 6.01. The lowest BCUT2D eigenvalue weighted by Crippen LogP contribution is -2.54. The molecule has 2 heterocycles. The van der Waals surface area contributed by atoms with Crippen LogP contribution in [0.5, 0.6) is 0 Å². The second-order valence-corrected chi connectivity index (χ2v) is 6.12. The van der Waals surface area contributed by atoms with E-state index in [1.165, 1.54) is 0 Å². The van der Waals surface area contributed by atoms with Crippen molar-refractivity contribution < 1.29 is 19.1 Å². The monoisotopic (exact) mass is 325 g/mol. The molecule has 0 saturated carbocycles. The van der Waals surface area contributed by atoms with Gasteiger partial charge in [-0.25, -0.2) is 9.59 Å². The van der Waals surface area contributed by atoms with Crippen LogP contribution in [-0.4, -0.2) is 61.4 Å². The molecular weight excluding hydrogens is 298 g/mol. The number of hydrogen-bond acceptors (Lipinski definition) is 5. The molecule has 1 fully saturated rings. The molecule has 2 rings (SSSR count). The van der Waals surface area contributed by atoms with E-state index in [0.717, 1.165) is 13.1 Å². The van der Waals surface area contributed by atoms with E-state index in [-0.39, 0.29) is 30.3 Å². The van der Waals surface area contributed by atoms with Gasteiger partial charge in [-0.2, -0.15) is 0 Å². The van der Waals surface area contributed by atoms with Crippen LogP contribution in [0.15, 0.2) is 11.3 Å². The van der Waals surface area contributed by atoms with Crippen LogP contribution in [0, 0.1) is 0 Å². The van der Waals surface area contributed by atoms with Crippen LogP contribution in [0.1, 0.15) is 34.1 Å². The molecule has 0 unspecified atom stereocenters. The third kappa shape index (κ3) is 4.45. The van der Waals surface area contributed by atoms with Crippen LogP contribution in [0.4, 0.5) is 4.79 Å². The lowest BCUT2D eigenvalue weighted by Gasteiger charge is -2.37. The Morgan fingerprint density at radius 3 is 2.52 bits per heavy atom. The van der Waals surface area contributed by atoms with Gasteiger partial charge in [0.15, 0.2) is 0 Å². The molecule has 7 heteroatoms. The summed E-state index contributed by atoms with van der Waals surface area (Å²) >= 11 is 0. The van der Waals surface area contributed by atoms with E-state index in [1.54, 1.807) is 6.92 Å². The van der Waals surface area contributed by atoms with Crippen LogP contribution in [-0.2, 0) is 14.3 Å². The molecule has 2 N–H and O–H groups in total. The van der Waals surface area contributed by atoms with Crippen molar-refractivity contribution in [2.45, 2.75) is 52.4 Å². The molecule has 0 aromatic carbocycles. The number of urea groups is 1. The molecule has 1 saturated heterocycles. The van der Waals surface area contributed by atoms with Gasteiger partial charge in [0.25, 0.3) is 0 Å². The molecule has 130 valence electrons. The third-order valence-corrected chi connectivity index (χ3v) is 4.02. The zero-order valence-corrected chi connectivity index (χ0v) is 14.3. The Bertz CT molecular complexity index is 482. The number of esters is 1. The number of hydrogen-bond donors (Lipinski definition) is 2. The fourth-order valence-corrected chi connectivity index (χ4v) is 3.22. The summed E-state index contributed by atoms with van der Waals surface area (Å²) in [6.07, 6.45) is 0.899. The van der Waals surface area contributed by atoms with Gasteiger partial charge in [0, 0.05) is 25.3 Å². The van der Waals surface area contributed by atoms with Crippen molar-refractivity contribution in [3.8, 4) is 0 Å². The van der Waals surface area contributed by atoms with E-state index >= 15 is 0 Å². The van der Waals surface area contributed by atoms with Crippen molar-refractivity contribution in [1.82, 2.24) is 15.5 Å². The molecule has 0 aromatic heterocycles. The second-order valence-electron chi connectivity index (χ2n) is 6.12. The summed E-state index contributed by atoms with van der Waals surface area (Å²) in [5.41, 5.74) is 1.17. The molecule has 0 bridgehead atoms. The number of carbonyl (C=O) groups is 2. The number of morpholine rings is 1. The number of ether oxygens (including phenoxy) is 2. The number of nitrogens with one attached hydrogen (secondary N) is 2. The van der Waals surface area contributed by atoms with Gasteiger partial charge >= 0.3 is 12.0 Å². The Morgan fingerprint density at radius 2 is 1.96 bits per heavy atom. The van der Waals surface area contributed by atoms with Crippen molar-refractivity contribution in [2.24, 2.45) is 0 Å². The molecule has 2 aliphatic heterocycles. The number of rotatable bonds is 5. The highest BCUT2D eigenvalue weighted by atomic mass is 16.5. The SMILES string of the molecule is CCOC(=O)C1=C(CN2C[C@@H](C)O[C@H](C)C2)NC(=O)N[C@H]1CC. The lowest BCUT2D eigenvalue weighted by atomic mass is 9.99. The maximum atomic E-state index is 12.3. The van der Waals surface area contributed by atoms with Crippen molar-refractivity contribution in [2.75, 3.05) is 26.2 Å². The largest absolute Gasteiger partial charge is 0.463 e. The first kappa shape index (κ1) is 17.7. The fourth-order valence-electron chi connectivity index (χ4n) is 3.22. The molecule has 2 aliphatic rings. The number of nitrogens with zero attached hydrogens (tertiary/aromatic N) is 1. The molecule has 0 aliphatic carbocycles. The van der Waals surface area contributed by atoms with E-state index < -0.39 is 0 Å². The van der Waals surface area contributed by atoms with E-state index in [4.69, 9.17) is 9.47 Å². The van der Waals surface area contributed by atoms with E-state index in [9.17, 15) is 9.59 Å². The van der Waals surface area contributed by atoms with E-state index in [1.807, 2.05) is 20.8 Å². The Balaban J connectivity index is 2.24. The average molecular weight is 325 g/mol. The molecule has 0 radical (unpaired) electrons. The summed E-state index contributed by atoms with van der Waals surface area (Å²) in [6.45, 7) is 10.1. The fraction of sp³-hybridized carbons (Fsp3) is 0.750. The van der Waals surface area contributed by atoms with Crippen LogP contribution in [0.25, 0.3) is 0 Å². The van der Waals surface area contributed by atoms with Crippen molar-refractivity contribution >= 4 is 12.0 Å². The van der Waals surface area contributed by atoms with Gasteiger partial charge in [0.2, 0.25) is 0 Å². The Morgan fingerprint density at radius 1 is 1.30 bits per heavy atom. The number of carbonyl (C=O) groups excluding carboxylic acids is 2. The molecule has 0 spiro atoms. The first-order valence-electron chi connectivity index (χ1n) is 8.30. The van der Waals surface area contributed by atoms with E-state index in [2.05, 4.69) is 15.5 Å².